The zero-order valence-corrected chi connectivity index (χ0v) is 9.00. The summed E-state index contributed by atoms with van der Waals surface area (Å²) in [6, 6.07) is 5.06. The van der Waals surface area contributed by atoms with Gasteiger partial charge in [-0.15, -0.1) is 0 Å². The van der Waals surface area contributed by atoms with Crippen LogP contribution < -0.4 is 11.1 Å². The first-order chi connectivity index (χ1) is 8.27. The van der Waals surface area contributed by atoms with Crippen LogP contribution in [0.15, 0.2) is 36.9 Å². The molecule has 0 unspecified atom stereocenters. The minimum Gasteiger partial charge on any atom is -0.365 e. The first-order valence-corrected chi connectivity index (χ1v) is 5.01. The molecule has 17 heavy (non-hydrogen) atoms. The summed E-state index contributed by atoms with van der Waals surface area (Å²) >= 11 is 0. The molecule has 0 aliphatic carbocycles. The second kappa shape index (κ2) is 5.02. The smallest absolute Gasteiger partial charge is 0.252 e. The van der Waals surface area contributed by atoms with Crippen LogP contribution in [0.3, 0.4) is 0 Å². The quantitative estimate of drug-likeness (QED) is 0.799. The molecule has 6 heteroatoms. The molecule has 0 radical (unpaired) electrons. The van der Waals surface area contributed by atoms with E-state index in [4.69, 9.17) is 5.73 Å². The molecule has 0 saturated heterocycles. The van der Waals surface area contributed by atoms with E-state index in [0.717, 1.165) is 5.69 Å². The van der Waals surface area contributed by atoms with E-state index in [1.807, 2.05) is 0 Å². The van der Waals surface area contributed by atoms with E-state index in [1.165, 1.54) is 6.33 Å². The highest BCUT2D eigenvalue weighted by Gasteiger charge is 2.07. The Labute approximate surface area is 97.9 Å². The van der Waals surface area contributed by atoms with Gasteiger partial charge in [-0.3, -0.25) is 4.79 Å². The van der Waals surface area contributed by atoms with Crippen LogP contribution >= 0.6 is 0 Å². The number of nitrogens with one attached hydrogen (secondary N) is 1. The van der Waals surface area contributed by atoms with Crippen LogP contribution in [-0.2, 0) is 6.54 Å². The average molecular weight is 229 g/mol. The predicted molar refractivity (Wildman–Crippen MR) is 62.1 cm³/mol. The van der Waals surface area contributed by atoms with Crippen molar-refractivity contribution in [1.82, 2.24) is 15.0 Å². The Morgan fingerprint density at radius 3 is 2.88 bits per heavy atom. The van der Waals surface area contributed by atoms with E-state index in [1.54, 1.807) is 30.6 Å². The van der Waals surface area contributed by atoms with Gasteiger partial charge in [0.1, 0.15) is 12.1 Å². The highest BCUT2D eigenvalue weighted by atomic mass is 16.1. The van der Waals surface area contributed by atoms with Crippen LogP contribution in [0.5, 0.6) is 0 Å². The van der Waals surface area contributed by atoms with Gasteiger partial charge in [0.25, 0.3) is 5.91 Å². The largest absolute Gasteiger partial charge is 0.365 e. The summed E-state index contributed by atoms with van der Waals surface area (Å²) < 4.78 is 0. The number of hydrogen-bond acceptors (Lipinski definition) is 5. The number of nitrogens with zero attached hydrogens (tertiary/aromatic N) is 3. The summed E-state index contributed by atoms with van der Waals surface area (Å²) in [4.78, 5) is 23.1. The van der Waals surface area contributed by atoms with Crippen LogP contribution in [0.25, 0.3) is 0 Å². The van der Waals surface area contributed by atoms with Gasteiger partial charge >= 0.3 is 0 Å². The molecule has 0 bridgehead atoms. The van der Waals surface area contributed by atoms with E-state index >= 15 is 0 Å². The van der Waals surface area contributed by atoms with Crippen molar-refractivity contribution in [3.63, 3.8) is 0 Å². The van der Waals surface area contributed by atoms with Crippen molar-refractivity contribution in [2.75, 3.05) is 5.32 Å². The molecular formula is C11H11N5O. The topological polar surface area (TPSA) is 93.8 Å². The van der Waals surface area contributed by atoms with E-state index in [9.17, 15) is 4.79 Å². The predicted octanol–water partition coefficient (Wildman–Crippen LogP) is 0.583. The Bertz CT molecular complexity index is 514. The fourth-order valence-electron chi connectivity index (χ4n) is 1.34. The van der Waals surface area contributed by atoms with Crippen molar-refractivity contribution >= 4 is 11.7 Å². The molecule has 86 valence electrons. The minimum atomic E-state index is -0.511. The average Bonchev–Trinajstić information content (AvgIpc) is 2.38. The fourth-order valence-corrected chi connectivity index (χ4v) is 1.34. The Hall–Kier alpha value is -2.50. The normalized spacial score (nSPS) is 9.88. The molecule has 0 fully saturated rings. The van der Waals surface area contributed by atoms with E-state index in [-0.39, 0.29) is 0 Å². The summed E-state index contributed by atoms with van der Waals surface area (Å²) in [7, 11) is 0. The van der Waals surface area contributed by atoms with Gasteiger partial charge < -0.3 is 11.1 Å². The van der Waals surface area contributed by atoms with Crippen molar-refractivity contribution in [2.24, 2.45) is 5.73 Å². The summed E-state index contributed by atoms with van der Waals surface area (Å²) in [6.07, 6.45) is 4.70. The van der Waals surface area contributed by atoms with Crippen molar-refractivity contribution in [1.29, 1.82) is 0 Å². The van der Waals surface area contributed by atoms with Crippen molar-refractivity contribution in [2.45, 2.75) is 6.54 Å². The van der Waals surface area contributed by atoms with Crippen LogP contribution in [0.2, 0.25) is 0 Å². The number of carbonyl (C=O) groups is 1. The maximum Gasteiger partial charge on any atom is 0.252 e. The molecule has 6 nitrogen and oxygen atoms in total. The molecule has 2 rings (SSSR count). The lowest BCUT2D eigenvalue weighted by Crippen LogP contribution is -2.15. The van der Waals surface area contributed by atoms with Gasteiger partial charge in [0.15, 0.2) is 0 Å². The Kier molecular flexibility index (Phi) is 3.25. The molecule has 2 aromatic rings. The van der Waals surface area contributed by atoms with E-state index in [0.29, 0.717) is 17.9 Å². The molecule has 0 aromatic carbocycles. The maximum absolute atomic E-state index is 11.1. The standard InChI is InChI=1S/C11H11N5O/c12-10(17)9-2-1-4-14-11(9)15-6-8-3-5-13-7-16-8/h1-5,7H,6H2,(H2,12,17)(H,14,15). The summed E-state index contributed by atoms with van der Waals surface area (Å²) in [6.45, 7) is 0.458. The van der Waals surface area contributed by atoms with E-state index in [2.05, 4.69) is 20.3 Å². The number of nitrogens with two attached hydrogens (primary N) is 1. The molecule has 2 heterocycles. The molecule has 1 amide bonds. The third kappa shape index (κ3) is 2.75. The molecule has 0 aliphatic heterocycles. The first kappa shape index (κ1) is 11.0. The zero-order chi connectivity index (χ0) is 12.1. The van der Waals surface area contributed by atoms with Gasteiger partial charge in [-0.05, 0) is 18.2 Å². The highest BCUT2D eigenvalue weighted by Crippen LogP contribution is 2.11. The maximum atomic E-state index is 11.1. The van der Waals surface area contributed by atoms with Gasteiger partial charge in [0.05, 0.1) is 17.8 Å². The van der Waals surface area contributed by atoms with Crippen LogP contribution in [-0.4, -0.2) is 20.9 Å². The number of primary amides is 1. The van der Waals surface area contributed by atoms with Gasteiger partial charge in [-0.1, -0.05) is 0 Å². The van der Waals surface area contributed by atoms with Gasteiger partial charge in [-0.2, -0.15) is 0 Å². The van der Waals surface area contributed by atoms with Gasteiger partial charge in [0, 0.05) is 12.4 Å². The number of amides is 1. The molecule has 0 saturated carbocycles. The zero-order valence-electron chi connectivity index (χ0n) is 9.00. The van der Waals surface area contributed by atoms with Gasteiger partial charge in [-0.25, -0.2) is 15.0 Å². The number of carbonyl (C=O) groups excluding carboxylic acids is 1. The Morgan fingerprint density at radius 2 is 2.18 bits per heavy atom. The fraction of sp³-hybridized carbons (Fsp3) is 0.0909. The van der Waals surface area contributed by atoms with E-state index < -0.39 is 5.91 Å². The van der Waals surface area contributed by atoms with Gasteiger partial charge in [0.2, 0.25) is 0 Å². The third-order valence-electron chi connectivity index (χ3n) is 2.15. The second-order valence-electron chi connectivity index (χ2n) is 3.32. The number of anilines is 1. The third-order valence-corrected chi connectivity index (χ3v) is 2.15. The lowest BCUT2D eigenvalue weighted by molar-refractivity contribution is 0.100. The number of hydrogen-bond donors (Lipinski definition) is 2. The Balaban J connectivity index is 2.12. The molecule has 0 atom stereocenters. The van der Waals surface area contributed by atoms with Crippen molar-refractivity contribution < 1.29 is 4.79 Å². The Morgan fingerprint density at radius 1 is 1.29 bits per heavy atom. The molecule has 2 aromatic heterocycles. The molecule has 3 N–H and O–H groups in total. The number of aromatic nitrogens is 3. The van der Waals surface area contributed by atoms with Crippen LogP contribution in [0, 0.1) is 0 Å². The van der Waals surface area contributed by atoms with Crippen LogP contribution in [0.1, 0.15) is 16.1 Å². The van der Waals surface area contributed by atoms with Crippen LogP contribution in [0.4, 0.5) is 5.82 Å². The summed E-state index contributed by atoms with van der Waals surface area (Å²) in [5, 5.41) is 3.01. The lowest BCUT2D eigenvalue weighted by Gasteiger charge is -2.07. The molecule has 0 spiro atoms. The van der Waals surface area contributed by atoms with Crippen molar-refractivity contribution in [3.8, 4) is 0 Å². The SMILES string of the molecule is NC(=O)c1cccnc1NCc1ccncn1. The minimum absolute atomic E-state index is 0.363. The van der Waals surface area contributed by atoms with Crippen molar-refractivity contribution in [3.05, 3.63) is 48.2 Å². The summed E-state index contributed by atoms with van der Waals surface area (Å²) in [5.41, 5.74) is 6.41. The second-order valence-corrected chi connectivity index (χ2v) is 3.32. The molecular weight excluding hydrogens is 218 g/mol. The lowest BCUT2D eigenvalue weighted by atomic mass is 10.2. The monoisotopic (exact) mass is 229 g/mol. The highest BCUT2D eigenvalue weighted by molar-refractivity contribution is 5.97. The number of rotatable bonds is 4. The first-order valence-electron chi connectivity index (χ1n) is 5.01. The number of pyridine rings is 1. The summed E-state index contributed by atoms with van der Waals surface area (Å²) in [5.74, 6) is -0.0538. The molecule has 0 aliphatic rings.